The zero-order valence-corrected chi connectivity index (χ0v) is 12.0. The summed E-state index contributed by atoms with van der Waals surface area (Å²) in [5, 5.41) is 3.55. The minimum Gasteiger partial charge on any atom is -0.314 e. The maximum absolute atomic E-state index is 13.6. The largest absolute Gasteiger partial charge is 0.314 e. The lowest BCUT2D eigenvalue weighted by Gasteiger charge is -2.18. The molecule has 0 aromatic heterocycles. The fourth-order valence-electron chi connectivity index (χ4n) is 2.80. The quantitative estimate of drug-likeness (QED) is 0.850. The average Bonchev–Trinajstić information content (AvgIpc) is 2.87. The first-order chi connectivity index (χ1) is 9.19. The van der Waals surface area contributed by atoms with Crippen molar-refractivity contribution >= 4 is 0 Å². The van der Waals surface area contributed by atoms with Crippen LogP contribution in [0.25, 0.3) is 0 Å². The Morgan fingerprint density at radius 2 is 2.21 bits per heavy atom. The third-order valence-electron chi connectivity index (χ3n) is 4.06. The SMILES string of the molecule is CCN1CCC(CNC(C)Cc2ccccc2F)C1. The minimum atomic E-state index is -0.0887. The minimum absolute atomic E-state index is 0.0887. The lowest BCUT2D eigenvalue weighted by molar-refractivity contribution is 0.335. The van der Waals surface area contributed by atoms with E-state index >= 15 is 0 Å². The molecule has 0 amide bonds. The second kappa shape index (κ2) is 7.01. The van der Waals surface area contributed by atoms with Gasteiger partial charge in [0.2, 0.25) is 0 Å². The Bertz CT molecular complexity index is 394. The number of hydrogen-bond acceptors (Lipinski definition) is 2. The number of nitrogens with one attached hydrogen (secondary N) is 1. The molecule has 1 saturated heterocycles. The smallest absolute Gasteiger partial charge is 0.126 e. The van der Waals surface area contributed by atoms with Gasteiger partial charge in [-0.15, -0.1) is 0 Å². The van der Waals surface area contributed by atoms with E-state index in [1.807, 2.05) is 12.1 Å². The average molecular weight is 264 g/mol. The summed E-state index contributed by atoms with van der Waals surface area (Å²) in [5.74, 6) is 0.664. The van der Waals surface area contributed by atoms with Crippen molar-refractivity contribution < 1.29 is 4.39 Å². The maximum atomic E-state index is 13.6. The van der Waals surface area contributed by atoms with Crippen molar-refractivity contribution in [2.75, 3.05) is 26.2 Å². The van der Waals surface area contributed by atoms with E-state index in [0.29, 0.717) is 6.04 Å². The topological polar surface area (TPSA) is 15.3 Å². The van der Waals surface area contributed by atoms with E-state index in [1.54, 1.807) is 6.07 Å². The van der Waals surface area contributed by atoms with E-state index in [2.05, 4.69) is 24.1 Å². The molecule has 1 aromatic rings. The summed E-state index contributed by atoms with van der Waals surface area (Å²) in [6, 6.07) is 7.39. The van der Waals surface area contributed by atoms with Crippen LogP contribution in [0.4, 0.5) is 4.39 Å². The molecular weight excluding hydrogens is 239 g/mol. The number of benzene rings is 1. The molecule has 0 saturated carbocycles. The van der Waals surface area contributed by atoms with Gasteiger partial charge >= 0.3 is 0 Å². The Hall–Kier alpha value is -0.930. The molecule has 106 valence electrons. The van der Waals surface area contributed by atoms with Crippen molar-refractivity contribution in [3.63, 3.8) is 0 Å². The Morgan fingerprint density at radius 3 is 2.89 bits per heavy atom. The summed E-state index contributed by atoms with van der Waals surface area (Å²) in [6.45, 7) is 8.99. The molecule has 1 heterocycles. The van der Waals surface area contributed by atoms with E-state index in [1.165, 1.54) is 25.6 Å². The van der Waals surface area contributed by atoms with Gasteiger partial charge in [-0.05, 0) is 56.9 Å². The Balaban J connectivity index is 1.73. The van der Waals surface area contributed by atoms with Crippen LogP contribution in [0.1, 0.15) is 25.8 Å². The number of nitrogens with zero attached hydrogens (tertiary/aromatic N) is 1. The molecule has 1 aromatic carbocycles. The molecule has 3 heteroatoms. The van der Waals surface area contributed by atoms with E-state index < -0.39 is 0 Å². The highest BCUT2D eigenvalue weighted by atomic mass is 19.1. The van der Waals surface area contributed by atoms with Crippen molar-refractivity contribution in [2.24, 2.45) is 5.92 Å². The summed E-state index contributed by atoms with van der Waals surface area (Å²) in [7, 11) is 0. The molecule has 1 aliphatic rings. The summed E-state index contributed by atoms with van der Waals surface area (Å²) in [4.78, 5) is 2.49. The van der Waals surface area contributed by atoms with Crippen molar-refractivity contribution in [1.82, 2.24) is 10.2 Å². The Morgan fingerprint density at radius 1 is 1.42 bits per heavy atom. The van der Waals surface area contributed by atoms with Crippen LogP contribution in [0.3, 0.4) is 0 Å². The molecule has 1 aliphatic heterocycles. The molecule has 0 bridgehead atoms. The molecule has 1 fully saturated rings. The molecule has 1 N–H and O–H groups in total. The predicted molar refractivity (Wildman–Crippen MR) is 77.8 cm³/mol. The van der Waals surface area contributed by atoms with Crippen LogP contribution in [-0.2, 0) is 6.42 Å². The van der Waals surface area contributed by atoms with Crippen LogP contribution in [0.2, 0.25) is 0 Å². The number of rotatable bonds is 6. The van der Waals surface area contributed by atoms with Crippen LogP contribution in [0, 0.1) is 11.7 Å². The van der Waals surface area contributed by atoms with Gasteiger partial charge in [0, 0.05) is 12.6 Å². The lowest BCUT2D eigenvalue weighted by atomic mass is 10.0. The second-order valence-corrected chi connectivity index (χ2v) is 5.65. The third kappa shape index (κ3) is 4.29. The molecule has 19 heavy (non-hydrogen) atoms. The van der Waals surface area contributed by atoms with Crippen molar-refractivity contribution in [1.29, 1.82) is 0 Å². The molecule has 2 rings (SSSR count). The van der Waals surface area contributed by atoms with Crippen LogP contribution < -0.4 is 5.32 Å². The third-order valence-corrected chi connectivity index (χ3v) is 4.06. The normalized spacial score (nSPS) is 21.7. The van der Waals surface area contributed by atoms with Gasteiger partial charge in [0.1, 0.15) is 5.82 Å². The first kappa shape index (κ1) is 14.5. The van der Waals surface area contributed by atoms with Gasteiger partial charge in [-0.25, -0.2) is 4.39 Å². The first-order valence-corrected chi connectivity index (χ1v) is 7.38. The zero-order chi connectivity index (χ0) is 13.7. The summed E-state index contributed by atoms with van der Waals surface area (Å²) in [6.07, 6.45) is 2.05. The van der Waals surface area contributed by atoms with Crippen LogP contribution in [-0.4, -0.2) is 37.1 Å². The van der Waals surface area contributed by atoms with Gasteiger partial charge in [0.05, 0.1) is 0 Å². The Labute approximate surface area is 116 Å². The van der Waals surface area contributed by atoms with Crippen molar-refractivity contribution in [2.45, 2.75) is 32.7 Å². The highest BCUT2D eigenvalue weighted by Gasteiger charge is 2.21. The maximum Gasteiger partial charge on any atom is 0.126 e. The zero-order valence-electron chi connectivity index (χ0n) is 12.0. The second-order valence-electron chi connectivity index (χ2n) is 5.65. The molecule has 2 atom stereocenters. The van der Waals surface area contributed by atoms with E-state index in [-0.39, 0.29) is 5.82 Å². The number of halogens is 1. The van der Waals surface area contributed by atoms with E-state index in [0.717, 1.165) is 31.0 Å². The van der Waals surface area contributed by atoms with Gasteiger partial charge in [0.15, 0.2) is 0 Å². The van der Waals surface area contributed by atoms with Crippen LogP contribution in [0.15, 0.2) is 24.3 Å². The van der Waals surface area contributed by atoms with E-state index in [9.17, 15) is 4.39 Å². The standard InChI is InChI=1S/C16H25FN2/c1-3-19-9-8-14(12-19)11-18-13(2)10-15-6-4-5-7-16(15)17/h4-7,13-14,18H,3,8-12H2,1-2H3. The highest BCUT2D eigenvalue weighted by Crippen LogP contribution is 2.15. The molecule has 2 nitrogen and oxygen atoms in total. The highest BCUT2D eigenvalue weighted by molar-refractivity contribution is 5.18. The molecule has 0 aliphatic carbocycles. The number of hydrogen-bond donors (Lipinski definition) is 1. The van der Waals surface area contributed by atoms with Crippen molar-refractivity contribution in [3.05, 3.63) is 35.6 Å². The summed E-state index contributed by atoms with van der Waals surface area (Å²) >= 11 is 0. The van der Waals surface area contributed by atoms with Gasteiger partial charge in [0.25, 0.3) is 0 Å². The lowest BCUT2D eigenvalue weighted by Crippen LogP contribution is -2.34. The molecule has 2 unspecified atom stereocenters. The van der Waals surface area contributed by atoms with Gasteiger partial charge in [-0.3, -0.25) is 0 Å². The van der Waals surface area contributed by atoms with Crippen LogP contribution in [0.5, 0.6) is 0 Å². The monoisotopic (exact) mass is 264 g/mol. The van der Waals surface area contributed by atoms with Gasteiger partial charge in [-0.2, -0.15) is 0 Å². The summed E-state index contributed by atoms with van der Waals surface area (Å²) in [5.41, 5.74) is 0.809. The predicted octanol–water partition coefficient (Wildman–Crippen LogP) is 2.69. The Kier molecular flexibility index (Phi) is 5.34. The fourth-order valence-corrected chi connectivity index (χ4v) is 2.80. The van der Waals surface area contributed by atoms with Crippen molar-refractivity contribution in [3.8, 4) is 0 Å². The fraction of sp³-hybridized carbons (Fsp3) is 0.625. The van der Waals surface area contributed by atoms with Gasteiger partial charge < -0.3 is 10.2 Å². The molecule has 0 radical (unpaired) electrons. The van der Waals surface area contributed by atoms with Gasteiger partial charge in [-0.1, -0.05) is 25.1 Å². The molecule has 0 spiro atoms. The number of likely N-dealkylation sites (tertiary alicyclic amines) is 1. The van der Waals surface area contributed by atoms with Crippen LogP contribution >= 0.6 is 0 Å². The summed E-state index contributed by atoms with van der Waals surface area (Å²) < 4.78 is 13.6. The molecular formula is C16H25FN2. The first-order valence-electron chi connectivity index (χ1n) is 7.38. The van der Waals surface area contributed by atoms with E-state index in [4.69, 9.17) is 0 Å².